The first-order valence-corrected chi connectivity index (χ1v) is 8.45. The number of anilines is 2. The molecule has 11 heteroatoms. The first-order valence-electron chi connectivity index (χ1n) is 7.57. The van der Waals surface area contributed by atoms with Crippen molar-refractivity contribution in [3.63, 3.8) is 0 Å². The second-order valence-corrected chi connectivity index (χ2v) is 6.06. The van der Waals surface area contributed by atoms with Gasteiger partial charge in [-0.25, -0.2) is 0 Å². The summed E-state index contributed by atoms with van der Waals surface area (Å²) >= 11 is 1.18. The van der Waals surface area contributed by atoms with E-state index in [4.69, 9.17) is 0 Å². The Morgan fingerprint density at radius 3 is 2.88 bits per heavy atom. The van der Waals surface area contributed by atoms with Gasteiger partial charge in [0.1, 0.15) is 11.2 Å². The fourth-order valence-electron chi connectivity index (χ4n) is 2.61. The Labute approximate surface area is 145 Å². The van der Waals surface area contributed by atoms with E-state index in [-0.39, 0.29) is 11.4 Å². The van der Waals surface area contributed by atoms with Crippen molar-refractivity contribution in [3.8, 4) is 0 Å². The maximum atomic E-state index is 12.4. The van der Waals surface area contributed by atoms with Gasteiger partial charge < -0.3 is 4.90 Å². The van der Waals surface area contributed by atoms with Gasteiger partial charge in [-0.15, -0.1) is 33.6 Å². The highest BCUT2D eigenvalue weighted by Crippen LogP contribution is 2.38. The van der Waals surface area contributed by atoms with Crippen LogP contribution < -0.4 is 10.4 Å². The molecule has 134 valence electrons. The molecule has 0 saturated heterocycles. The molecule has 1 N–H and O–H groups in total. The van der Waals surface area contributed by atoms with Gasteiger partial charge in [0.2, 0.25) is 0 Å². The van der Waals surface area contributed by atoms with Gasteiger partial charge in [-0.1, -0.05) is 11.3 Å². The number of hydrogen-bond donors (Lipinski definition) is 1. The number of hydrogen-bond acceptors (Lipinski definition) is 8. The molecule has 0 fully saturated rings. The van der Waals surface area contributed by atoms with Gasteiger partial charge in [0.15, 0.2) is 0 Å². The van der Waals surface area contributed by atoms with Crippen molar-refractivity contribution in [2.75, 3.05) is 23.5 Å². The van der Waals surface area contributed by atoms with E-state index in [1.165, 1.54) is 16.8 Å². The zero-order valence-corrected chi connectivity index (χ0v) is 14.1. The third-order valence-electron chi connectivity index (χ3n) is 3.66. The van der Waals surface area contributed by atoms with E-state index in [1.54, 1.807) is 12.1 Å². The standard InChI is InChI=1S/C14H15F3N6OS/c1-2-23-5-3-4-9-6-10(19-21-13-20-18-8-25-13)11(7-12(9)23)22-24-14(15,16)17/h6-8,22H,2-5H2,1H3. The number of fused-ring (bicyclic) bond motifs is 1. The van der Waals surface area contributed by atoms with Crippen molar-refractivity contribution in [2.24, 2.45) is 10.2 Å². The summed E-state index contributed by atoms with van der Waals surface area (Å²) in [5.74, 6) is 0. The molecule has 1 aromatic heterocycles. The van der Waals surface area contributed by atoms with Crippen LogP contribution in [-0.4, -0.2) is 29.6 Å². The van der Waals surface area contributed by atoms with Gasteiger partial charge in [-0.2, -0.15) is 4.84 Å². The van der Waals surface area contributed by atoms with Crippen LogP contribution in [-0.2, 0) is 11.3 Å². The Kier molecular flexibility index (Phi) is 5.13. The number of aryl methyl sites for hydroxylation is 1. The summed E-state index contributed by atoms with van der Waals surface area (Å²) in [5, 5.41) is 15.6. The number of benzene rings is 1. The highest BCUT2D eigenvalue weighted by atomic mass is 32.1. The number of nitrogens with one attached hydrogen (secondary N) is 1. The van der Waals surface area contributed by atoms with E-state index in [0.29, 0.717) is 5.13 Å². The Morgan fingerprint density at radius 1 is 1.36 bits per heavy atom. The molecule has 1 aromatic carbocycles. The van der Waals surface area contributed by atoms with Crippen LogP contribution in [0, 0.1) is 0 Å². The molecular weight excluding hydrogens is 357 g/mol. The lowest BCUT2D eigenvalue weighted by Gasteiger charge is -2.31. The number of nitrogens with zero attached hydrogens (tertiary/aromatic N) is 5. The van der Waals surface area contributed by atoms with Crippen molar-refractivity contribution >= 4 is 33.5 Å². The SMILES string of the molecule is CCN1CCCc2cc(N=Nc3nncs3)c(NOC(F)(F)F)cc21. The van der Waals surface area contributed by atoms with E-state index in [2.05, 4.69) is 30.2 Å². The molecule has 0 aliphatic carbocycles. The van der Waals surface area contributed by atoms with Crippen LogP contribution in [0.2, 0.25) is 0 Å². The number of alkyl halides is 3. The highest BCUT2D eigenvalue weighted by Gasteiger charge is 2.31. The molecule has 0 amide bonds. The second-order valence-electron chi connectivity index (χ2n) is 5.25. The molecule has 0 atom stereocenters. The summed E-state index contributed by atoms with van der Waals surface area (Å²) in [5.41, 5.74) is 5.65. The van der Waals surface area contributed by atoms with Gasteiger partial charge >= 0.3 is 6.36 Å². The molecule has 0 spiro atoms. The van der Waals surface area contributed by atoms with Crippen molar-refractivity contribution < 1.29 is 18.0 Å². The molecule has 0 bridgehead atoms. The van der Waals surface area contributed by atoms with Crippen molar-refractivity contribution in [3.05, 3.63) is 23.2 Å². The minimum Gasteiger partial charge on any atom is -0.372 e. The fraction of sp³-hybridized carbons (Fsp3) is 0.429. The Bertz CT molecular complexity index is 750. The average molecular weight is 372 g/mol. The van der Waals surface area contributed by atoms with E-state index in [0.717, 1.165) is 37.2 Å². The molecule has 1 aliphatic rings. The minimum absolute atomic E-state index is 0.0877. The predicted octanol–water partition coefficient (Wildman–Crippen LogP) is 4.59. The lowest BCUT2D eigenvalue weighted by Crippen LogP contribution is -2.29. The lowest BCUT2D eigenvalue weighted by molar-refractivity contribution is -0.311. The Hall–Kier alpha value is -2.27. The second kappa shape index (κ2) is 7.31. The van der Waals surface area contributed by atoms with E-state index in [1.807, 2.05) is 12.4 Å². The minimum atomic E-state index is -4.81. The van der Waals surface area contributed by atoms with Gasteiger partial charge in [0, 0.05) is 18.8 Å². The molecule has 25 heavy (non-hydrogen) atoms. The summed E-state index contributed by atoms with van der Waals surface area (Å²) in [6.45, 7) is 3.62. The smallest absolute Gasteiger partial charge is 0.372 e. The number of halogens is 3. The summed E-state index contributed by atoms with van der Waals surface area (Å²) in [6.07, 6.45) is -3.01. The summed E-state index contributed by atoms with van der Waals surface area (Å²) in [7, 11) is 0. The number of rotatable bonds is 5. The van der Waals surface area contributed by atoms with Gasteiger partial charge in [0.05, 0.1) is 5.69 Å². The molecule has 0 radical (unpaired) electrons. The summed E-state index contributed by atoms with van der Waals surface area (Å²) in [4.78, 5) is 5.86. The first-order chi connectivity index (χ1) is 12.0. The van der Waals surface area contributed by atoms with Crippen molar-refractivity contribution in [1.82, 2.24) is 10.2 Å². The molecule has 7 nitrogen and oxygen atoms in total. The fourth-order valence-corrected chi connectivity index (χ4v) is 2.98. The molecule has 2 heterocycles. The van der Waals surface area contributed by atoms with Crippen molar-refractivity contribution in [2.45, 2.75) is 26.1 Å². The zero-order valence-electron chi connectivity index (χ0n) is 13.2. The van der Waals surface area contributed by atoms with Crippen LogP contribution in [0.1, 0.15) is 18.9 Å². The average Bonchev–Trinajstić information content (AvgIpc) is 3.10. The number of aromatic nitrogens is 2. The largest absolute Gasteiger partial charge is 0.543 e. The van der Waals surface area contributed by atoms with Crippen LogP contribution in [0.4, 0.5) is 35.4 Å². The summed E-state index contributed by atoms with van der Waals surface area (Å²) < 4.78 is 37.2. The van der Waals surface area contributed by atoms with E-state index in [9.17, 15) is 13.2 Å². The van der Waals surface area contributed by atoms with Crippen LogP contribution in [0.5, 0.6) is 0 Å². The van der Waals surface area contributed by atoms with Crippen molar-refractivity contribution in [1.29, 1.82) is 0 Å². The summed E-state index contributed by atoms with van der Waals surface area (Å²) in [6, 6.07) is 3.34. The number of azo groups is 1. The van der Waals surface area contributed by atoms with E-state index >= 15 is 0 Å². The zero-order chi connectivity index (χ0) is 17.9. The van der Waals surface area contributed by atoms with Gasteiger partial charge in [0.25, 0.3) is 5.13 Å². The highest BCUT2D eigenvalue weighted by molar-refractivity contribution is 7.13. The molecule has 2 aromatic rings. The topological polar surface area (TPSA) is 75.0 Å². The van der Waals surface area contributed by atoms with Gasteiger partial charge in [-0.05, 0) is 37.5 Å². The molecular formula is C14H15F3N6OS. The maximum Gasteiger partial charge on any atom is 0.543 e. The third kappa shape index (κ3) is 4.42. The molecule has 1 aliphatic heterocycles. The van der Waals surface area contributed by atoms with Crippen LogP contribution in [0.15, 0.2) is 27.9 Å². The Morgan fingerprint density at radius 2 is 2.20 bits per heavy atom. The molecule has 3 rings (SSSR count). The molecule has 0 saturated carbocycles. The monoisotopic (exact) mass is 372 g/mol. The quantitative estimate of drug-likeness (QED) is 0.614. The predicted molar refractivity (Wildman–Crippen MR) is 87.5 cm³/mol. The Balaban J connectivity index is 1.95. The molecule has 0 unspecified atom stereocenters. The van der Waals surface area contributed by atoms with Crippen LogP contribution in [0.25, 0.3) is 0 Å². The van der Waals surface area contributed by atoms with Crippen LogP contribution >= 0.6 is 11.3 Å². The maximum absolute atomic E-state index is 12.4. The third-order valence-corrected chi connectivity index (χ3v) is 4.24. The van der Waals surface area contributed by atoms with E-state index < -0.39 is 6.36 Å². The first kappa shape index (κ1) is 17.5. The lowest BCUT2D eigenvalue weighted by atomic mass is 10.00. The van der Waals surface area contributed by atoms with Crippen LogP contribution in [0.3, 0.4) is 0 Å². The normalized spacial score (nSPS) is 14.8. The van der Waals surface area contributed by atoms with Gasteiger partial charge in [-0.3, -0.25) is 5.48 Å².